The molecule has 0 amide bonds. The SMILES string of the molecule is Cn1cncc1CNC(C)(C)C1CC1. The van der Waals surface area contributed by atoms with E-state index in [9.17, 15) is 0 Å². The minimum absolute atomic E-state index is 0.282. The monoisotopic (exact) mass is 193 g/mol. The predicted molar refractivity (Wildman–Crippen MR) is 56.9 cm³/mol. The highest BCUT2D eigenvalue weighted by atomic mass is 15.1. The molecule has 1 aliphatic carbocycles. The lowest BCUT2D eigenvalue weighted by atomic mass is 9.99. The van der Waals surface area contributed by atoms with Crippen LogP contribution in [0.2, 0.25) is 0 Å². The molecule has 14 heavy (non-hydrogen) atoms. The van der Waals surface area contributed by atoms with Crippen LogP contribution in [-0.2, 0) is 13.6 Å². The summed E-state index contributed by atoms with van der Waals surface area (Å²) >= 11 is 0. The van der Waals surface area contributed by atoms with Gasteiger partial charge in [-0.25, -0.2) is 4.98 Å². The van der Waals surface area contributed by atoms with E-state index in [1.165, 1.54) is 18.5 Å². The fourth-order valence-electron chi connectivity index (χ4n) is 1.82. The zero-order valence-corrected chi connectivity index (χ0v) is 9.25. The third-order valence-corrected chi connectivity index (χ3v) is 3.24. The smallest absolute Gasteiger partial charge is 0.0945 e. The molecule has 0 spiro atoms. The van der Waals surface area contributed by atoms with Crippen molar-refractivity contribution in [2.75, 3.05) is 0 Å². The second kappa shape index (κ2) is 3.39. The van der Waals surface area contributed by atoms with Crippen molar-refractivity contribution < 1.29 is 0 Å². The van der Waals surface area contributed by atoms with Crippen LogP contribution in [0.3, 0.4) is 0 Å². The Bertz CT molecular complexity index is 310. The average molecular weight is 193 g/mol. The minimum Gasteiger partial charge on any atom is -0.337 e. The van der Waals surface area contributed by atoms with Crippen LogP contribution in [0.25, 0.3) is 0 Å². The molecule has 1 fully saturated rings. The molecule has 1 heterocycles. The first-order valence-electron chi connectivity index (χ1n) is 5.30. The highest BCUT2D eigenvalue weighted by Crippen LogP contribution is 2.39. The van der Waals surface area contributed by atoms with Gasteiger partial charge in [0.15, 0.2) is 0 Å². The first-order valence-corrected chi connectivity index (χ1v) is 5.30. The van der Waals surface area contributed by atoms with Crippen LogP contribution in [0.5, 0.6) is 0 Å². The number of aromatic nitrogens is 2. The summed E-state index contributed by atoms with van der Waals surface area (Å²) in [6.45, 7) is 5.50. The fraction of sp³-hybridized carbons (Fsp3) is 0.727. The van der Waals surface area contributed by atoms with Crippen LogP contribution in [0.1, 0.15) is 32.4 Å². The molecule has 1 aromatic heterocycles. The third kappa shape index (κ3) is 1.98. The Kier molecular flexibility index (Phi) is 2.35. The van der Waals surface area contributed by atoms with Gasteiger partial charge in [-0.3, -0.25) is 0 Å². The van der Waals surface area contributed by atoms with Gasteiger partial charge in [0.25, 0.3) is 0 Å². The summed E-state index contributed by atoms with van der Waals surface area (Å²) in [4.78, 5) is 4.11. The Labute approximate surface area is 85.5 Å². The standard InChI is InChI=1S/C11H19N3/c1-11(2,9-4-5-9)13-7-10-6-12-8-14(10)3/h6,8-9,13H,4-5,7H2,1-3H3. The van der Waals surface area contributed by atoms with Crippen molar-refractivity contribution in [3.8, 4) is 0 Å². The third-order valence-electron chi connectivity index (χ3n) is 3.24. The molecule has 1 aromatic rings. The molecular formula is C11H19N3. The zero-order valence-electron chi connectivity index (χ0n) is 9.25. The predicted octanol–water partition coefficient (Wildman–Crippen LogP) is 1.70. The summed E-state index contributed by atoms with van der Waals surface area (Å²) in [5, 5.41) is 3.60. The lowest BCUT2D eigenvalue weighted by Crippen LogP contribution is -2.41. The molecule has 0 radical (unpaired) electrons. The van der Waals surface area contributed by atoms with E-state index in [1.807, 2.05) is 19.6 Å². The van der Waals surface area contributed by atoms with Gasteiger partial charge in [-0.05, 0) is 32.6 Å². The van der Waals surface area contributed by atoms with Gasteiger partial charge in [-0.2, -0.15) is 0 Å². The quantitative estimate of drug-likeness (QED) is 0.788. The average Bonchev–Trinajstić information content (AvgIpc) is 2.89. The first-order chi connectivity index (χ1) is 6.59. The molecule has 78 valence electrons. The minimum atomic E-state index is 0.282. The van der Waals surface area contributed by atoms with Crippen molar-refractivity contribution in [2.24, 2.45) is 13.0 Å². The number of hydrogen-bond acceptors (Lipinski definition) is 2. The van der Waals surface area contributed by atoms with E-state index < -0.39 is 0 Å². The molecule has 0 unspecified atom stereocenters. The van der Waals surface area contributed by atoms with Gasteiger partial charge in [0, 0.05) is 25.3 Å². The molecule has 3 heteroatoms. The van der Waals surface area contributed by atoms with Crippen molar-refractivity contribution in [1.29, 1.82) is 0 Å². The molecule has 2 rings (SSSR count). The molecule has 0 aromatic carbocycles. The number of rotatable bonds is 4. The normalized spacial score (nSPS) is 17.4. The maximum atomic E-state index is 4.11. The van der Waals surface area contributed by atoms with Crippen LogP contribution in [-0.4, -0.2) is 15.1 Å². The van der Waals surface area contributed by atoms with E-state index in [0.29, 0.717) is 0 Å². The van der Waals surface area contributed by atoms with Crippen LogP contribution < -0.4 is 5.32 Å². The zero-order chi connectivity index (χ0) is 10.2. The topological polar surface area (TPSA) is 29.9 Å². The van der Waals surface area contributed by atoms with Crippen LogP contribution in [0, 0.1) is 5.92 Å². The van der Waals surface area contributed by atoms with Crippen molar-refractivity contribution in [3.05, 3.63) is 18.2 Å². The maximum Gasteiger partial charge on any atom is 0.0945 e. The molecular weight excluding hydrogens is 174 g/mol. The largest absolute Gasteiger partial charge is 0.337 e. The van der Waals surface area contributed by atoms with E-state index in [4.69, 9.17) is 0 Å². The van der Waals surface area contributed by atoms with Gasteiger partial charge in [-0.15, -0.1) is 0 Å². The summed E-state index contributed by atoms with van der Waals surface area (Å²) in [5.41, 5.74) is 1.53. The Hall–Kier alpha value is -0.830. The molecule has 0 atom stereocenters. The molecule has 0 aliphatic heterocycles. The molecule has 1 N–H and O–H groups in total. The van der Waals surface area contributed by atoms with Gasteiger partial charge < -0.3 is 9.88 Å². The summed E-state index contributed by atoms with van der Waals surface area (Å²) in [6, 6.07) is 0. The van der Waals surface area contributed by atoms with E-state index in [0.717, 1.165) is 12.5 Å². The molecule has 1 aliphatic rings. The Morgan fingerprint density at radius 1 is 1.57 bits per heavy atom. The second-order valence-electron chi connectivity index (χ2n) is 4.85. The number of imidazole rings is 1. The van der Waals surface area contributed by atoms with Crippen molar-refractivity contribution in [3.63, 3.8) is 0 Å². The Morgan fingerprint density at radius 3 is 2.79 bits per heavy atom. The number of nitrogens with zero attached hydrogens (tertiary/aromatic N) is 2. The maximum absolute atomic E-state index is 4.11. The first kappa shape index (κ1) is 9.71. The molecule has 1 saturated carbocycles. The number of hydrogen-bond donors (Lipinski definition) is 1. The number of nitrogens with one attached hydrogen (secondary N) is 1. The van der Waals surface area contributed by atoms with Crippen LogP contribution in [0.15, 0.2) is 12.5 Å². The highest BCUT2D eigenvalue weighted by molar-refractivity contribution is 5.01. The van der Waals surface area contributed by atoms with Gasteiger partial charge >= 0.3 is 0 Å². The molecule has 3 nitrogen and oxygen atoms in total. The molecule has 0 saturated heterocycles. The lowest BCUT2D eigenvalue weighted by Gasteiger charge is -2.26. The van der Waals surface area contributed by atoms with Gasteiger partial charge in [0.1, 0.15) is 0 Å². The fourth-order valence-corrected chi connectivity index (χ4v) is 1.82. The Balaban J connectivity index is 1.90. The summed E-state index contributed by atoms with van der Waals surface area (Å²) in [7, 11) is 2.04. The van der Waals surface area contributed by atoms with Gasteiger partial charge in [0.2, 0.25) is 0 Å². The summed E-state index contributed by atoms with van der Waals surface area (Å²) in [5.74, 6) is 0.871. The summed E-state index contributed by atoms with van der Waals surface area (Å²) < 4.78 is 2.07. The second-order valence-corrected chi connectivity index (χ2v) is 4.85. The Morgan fingerprint density at radius 2 is 2.29 bits per heavy atom. The van der Waals surface area contributed by atoms with Gasteiger partial charge in [0.05, 0.1) is 12.0 Å². The highest BCUT2D eigenvalue weighted by Gasteiger charge is 2.37. The van der Waals surface area contributed by atoms with Crippen LogP contribution >= 0.6 is 0 Å². The summed E-state index contributed by atoms with van der Waals surface area (Å²) in [6.07, 6.45) is 6.54. The van der Waals surface area contributed by atoms with Crippen molar-refractivity contribution >= 4 is 0 Å². The van der Waals surface area contributed by atoms with E-state index in [-0.39, 0.29) is 5.54 Å². The van der Waals surface area contributed by atoms with Crippen molar-refractivity contribution in [1.82, 2.24) is 14.9 Å². The number of aryl methyl sites for hydroxylation is 1. The van der Waals surface area contributed by atoms with E-state index in [2.05, 4.69) is 28.7 Å². The van der Waals surface area contributed by atoms with E-state index >= 15 is 0 Å². The van der Waals surface area contributed by atoms with Crippen LogP contribution in [0.4, 0.5) is 0 Å². The lowest BCUT2D eigenvalue weighted by molar-refractivity contribution is 0.336. The van der Waals surface area contributed by atoms with Gasteiger partial charge in [-0.1, -0.05) is 0 Å². The van der Waals surface area contributed by atoms with Crippen molar-refractivity contribution in [2.45, 2.75) is 38.8 Å². The van der Waals surface area contributed by atoms with E-state index in [1.54, 1.807) is 0 Å². The molecule has 0 bridgehead atoms.